The molecule has 14 heteroatoms. The monoisotopic (exact) mass is 958 g/mol. The second-order valence-corrected chi connectivity index (χ2v) is 19.4. The number of nitrogens with one attached hydrogen (secondary N) is 1. The van der Waals surface area contributed by atoms with Crippen LogP contribution in [-0.4, -0.2) is 140 Å². The molecule has 1 amide bonds. The first-order valence-electron chi connectivity index (χ1n) is 27.1. The lowest BCUT2D eigenvalue weighted by Crippen LogP contribution is -2.65. The molecular weight excluding hydrogens is 859 g/mol. The van der Waals surface area contributed by atoms with Crippen molar-refractivity contribution in [2.24, 2.45) is 0 Å². The fraction of sp³-hybridized carbons (Fsp3) is 0.906. The van der Waals surface area contributed by atoms with Gasteiger partial charge in [0.05, 0.1) is 32.0 Å². The fourth-order valence-corrected chi connectivity index (χ4v) is 8.95. The number of rotatable bonds is 42. The summed E-state index contributed by atoms with van der Waals surface area (Å²) in [7, 11) is 0. The number of allylic oxidation sites excluding steroid dienone is 3. The van der Waals surface area contributed by atoms with Gasteiger partial charge >= 0.3 is 0 Å². The standard InChI is InChI=1S/C53H99NO13/c1-3-5-7-9-11-13-15-17-19-21-23-25-27-29-31-33-35-37-45(58)54-41(42(57)36-34-32-30-28-26-24-22-20-18-16-14-12-10-8-6-4-2)40-64-52-50(63)48(61)51(44(39-56)66-52)67-53-49(62)47(60)46(59)43(38-55)65-53/h26,28,34,36,41-44,46-53,55-57,59-63H,3-25,27,29-33,35,37-40H2,1-2H3,(H,54,58)/b28-26+,36-34+. The van der Waals surface area contributed by atoms with E-state index in [1.54, 1.807) is 6.08 Å². The summed E-state index contributed by atoms with van der Waals surface area (Å²) in [6.07, 6.45) is 27.9. The molecule has 0 bridgehead atoms. The predicted molar refractivity (Wildman–Crippen MR) is 263 cm³/mol. The molecular formula is C53H99NO13. The molecule has 12 unspecified atom stereocenters. The van der Waals surface area contributed by atoms with Crippen LogP contribution in [0.2, 0.25) is 0 Å². The summed E-state index contributed by atoms with van der Waals surface area (Å²) < 4.78 is 22.7. The number of hydrogen-bond donors (Lipinski definition) is 9. The molecule has 67 heavy (non-hydrogen) atoms. The minimum atomic E-state index is -1.79. The first-order chi connectivity index (χ1) is 32.6. The molecule has 2 heterocycles. The molecule has 12 atom stereocenters. The summed E-state index contributed by atoms with van der Waals surface area (Å²) in [5, 5.41) is 86.8. The molecule has 2 saturated heterocycles. The summed E-state index contributed by atoms with van der Waals surface area (Å²) in [6.45, 7) is 2.78. The molecule has 2 aliphatic rings. The van der Waals surface area contributed by atoms with E-state index in [2.05, 4.69) is 31.3 Å². The molecule has 0 aromatic heterocycles. The van der Waals surface area contributed by atoms with Crippen molar-refractivity contribution in [1.29, 1.82) is 0 Å². The average molecular weight is 958 g/mol. The second-order valence-electron chi connectivity index (χ2n) is 19.4. The average Bonchev–Trinajstić information content (AvgIpc) is 3.32. The van der Waals surface area contributed by atoms with Crippen LogP contribution in [0.3, 0.4) is 0 Å². The maximum atomic E-state index is 13.2. The summed E-state index contributed by atoms with van der Waals surface area (Å²) in [5.41, 5.74) is 0. The normalized spacial score (nSPS) is 26.7. The Labute approximate surface area is 405 Å². The molecule has 0 aromatic rings. The summed E-state index contributed by atoms with van der Waals surface area (Å²) >= 11 is 0. The quantitative estimate of drug-likeness (QED) is 0.0211. The maximum Gasteiger partial charge on any atom is 0.220 e. The van der Waals surface area contributed by atoms with Crippen LogP contribution in [-0.2, 0) is 23.7 Å². The van der Waals surface area contributed by atoms with Crippen molar-refractivity contribution >= 4 is 5.91 Å². The van der Waals surface area contributed by atoms with E-state index in [0.717, 1.165) is 32.1 Å². The third-order valence-electron chi connectivity index (χ3n) is 13.4. The number of amides is 1. The number of unbranched alkanes of at least 4 members (excludes halogenated alkanes) is 27. The van der Waals surface area contributed by atoms with Gasteiger partial charge in [0.15, 0.2) is 12.6 Å². The highest BCUT2D eigenvalue weighted by atomic mass is 16.7. The van der Waals surface area contributed by atoms with Gasteiger partial charge in [-0.2, -0.15) is 0 Å². The van der Waals surface area contributed by atoms with Gasteiger partial charge in [0.25, 0.3) is 0 Å². The zero-order valence-corrected chi connectivity index (χ0v) is 41.9. The molecule has 2 aliphatic heterocycles. The molecule has 0 radical (unpaired) electrons. The lowest BCUT2D eigenvalue weighted by molar-refractivity contribution is -0.359. The molecule has 394 valence electrons. The van der Waals surface area contributed by atoms with E-state index < -0.39 is 86.8 Å². The van der Waals surface area contributed by atoms with Gasteiger partial charge in [-0.15, -0.1) is 0 Å². The molecule has 0 aliphatic carbocycles. The molecule has 0 saturated carbocycles. The largest absolute Gasteiger partial charge is 0.394 e. The lowest BCUT2D eigenvalue weighted by atomic mass is 9.97. The summed E-state index contributed by atoms with van der Waals surface area (Å²) in [6, 6.07) is -0.926. The molecule has 2 rings (SSSR count). The van der Waals surface area contributed by atoms with Crippen LogP contribution in [0, 0.1) is 0 Å². The summed E-state index contributed by atoms with van der Waals surface area (Å²) in [4.78, 5) is 13.2. The van der Waals surface area contributed by atoms with Crippen LogP contribution in [0.25, 0.3) is 0 Å². The molecule has 9 N–H and O–H groups in total. The first kappa shape index (κ1) is 61.6. The van der Waals surface area contributed by atoms with E-state index in [1.807, 2.05) is 6.08 Å². The van der Waals surface area contributed by atoms with Crippen molar-refractivity contribution in [1.82, 2.24) is 5.32 Å². The first-order valence-corrected chi connectivity index (χ1v) is 27.1. The Morgan fingerprint density at radius 3 is 1.46 bits per heavy atom. The van der Waals surface area contributed by atoms with Gasteiger partial charge in [0.1, 0.15) is 48.8 Å². The topological polar surface area (TPSA) is 228 Å². The van der Waals surface area contributed by atoms with Gasteiger partial charge in [0.2, 0.25) is 5.91 Å². The van der Waals surface area contributed by atoms with Crippen LogP contribution >= 0.6 is 0 Å². The lowest BCUT2D eigenvalue weighted by Gasteiger charge is -2.46. The van der Waals surface area contributed by atoms with Crippen molar-refractivity contribution in [2.75, 3.05) is 19.8 Å². The SMILES string of the molecule is CCCCCCCCCCCC/C=C/CC/C=C/C(O)C(COC1OC(CO)C(OC2OC(CO)C(O)C(O)C2O)C(O)C1O)NC(=O)CCCCCCCCCCCCCCCCCCC. The predicted octanol–water partition coefficient (Wildman–Crippen LogP) is 7.72. The van der Waals surface area contributed by atoms with Crippen LogP contribution in [0.1, 0.15) is 213 Å². The Bertz CT molecular complexity index is 1220. The number of aliphatic hydroxyl groups excluding tert-OH is 8. The highest BCUT2D eigenvalue weighted by Gasteiger charge is 2.51. The number of ether oxygens (including phenoxy) is 4. The van der Waals surface area contributed by atoms with Gasteiger partial charge < -0.3 is 65.1 Å². The van der Waals surface area contributed by atoms with Crippen LogP contribution in [0.5, 0.6) is 0 Å². The Kier molecular flexibility index (Phi) is 36.9. The van der Waals surface area contributed by atoms with E-state index in [0.29, 0.717) is 12.8 Å². The molecule has 0 aromatic carbocycles. The number of carbonyl (C=O) groups is 1. The molecule has 14 nitrogen and oxygen atoms in total. The number of carbonyl (C=O) groups excluding carboxylic acids is 1. The summed E-state index contributed by atoms with van der Waals surface area (Å²) in [5.74, 6) is -0.247. The van der Waals surface area contributed by atoms with Gasteiger partial charge in [-0.05, 0) is 32.1 Å². The Morgan fingerprint density at radius 2 is 0.955 bits per heavy atom. The van der Waals surface area contributed by atoms with E-state index in [-0.39, 0.29) is 18.9 Å². The van der Waals surface area contributed by atoms with Crippen molar-refractivity contribution in [3.63, 3.8) is 0 Å². The van der Waals surface area contributed by atoms with Crippen LogP contribution < -0.4 is 5.32 Å². The van der Waals surface area contributed by atoms with E-state index in [1.165, 1.54) is 148 Å². The minimum absolute atomic E-state index is 0.247. The molecule has 2 fully saturated rings. The third-order valence-corrected chi connectivity index (χ3v) is 13.4. The highest BCUT2D eigenvalue weighted by molar-refractivity contribution is 5.76. The zero-order chi connectivity index (χ0) is 48.9. The highest BCUT2D eigenvalue weighted by Crippen LogP contribution is 2.30. The fourth-order valence-electron chi connectivity index (χ4n) is 8.95. The van der Waals surface area contributed by atoms with E-state index in [9.17, 15) is 45.6 Å². The van der Waals surface area contributed by atoms with Crippen molar-refractivity contribution in [3.8, 4) is 0 Å². The van der Waals surface area contributed by atoms with Gasteiger partial charge in [-0.25, -0.2) is 0 Å². The zero-order valence-electron chi connectivity index (χ0n) is 41.9. The smallest absolute Gasteiger partial charge is 0.220 e. The van der Waals surface area contributed by atoms with Crippen LogP contribution in [0.4, 0.5) is 0 Å². The van der Waals surface area contributed by atoms with Gasteiger partial charge in [-0.1, -0.05) is 199 Å². The Morgan fingerprint density at radius 1 is 0.522 bits per heavy atom. The second kappa shape index (κ2) is 40.1. The van der Waals surface area contributed by atoms with Crippen molar-refractivity contribution in [2.45, 2.75) is 286 Å². The van der Waals surface area contributed by atoms with Gasteiger partial charge in [-0.3, -0.25) is 4.79 Å². The van der Waals surface area contributed by atoms with Gasteiger partial charge in [0, 0.05) is 6.42 Å². The van der Waals surface area contributed by atoms with E-state index in [4.69, 9.17) is 18.9 Å². The Hall–Kier alpha value is -1.53. The molecule has 0 spiro atoms. The van der Waals surface area contributed by atoms with Crippen LogP contribution in [0.15, 0.2) is 24.3 Å². The van der Waals surface area contributed by atoms with E-state index >= 15 is 0 Å². The number of aliphatic hydroxyl groups is 8. The third kappa shape index (κ3) is 27.0. The minimum Gasteiger partial charge on any atom is -0.394 e. The van der Waals surface area contributed by atoms with Crippen molar-refractivity contribution < 1.29 is 64.6 Å². The Balaban J connectivity index is 1.84. The maximum absolute atomic E-state index is 13.2. The van der Waals surface area contributed by atoms with Crippen molar-refractivity contribution in [3.05, 3.63) is 24.3 Å². The number of hydrogen-bond acceptors (Lipinski definition) is 13.